The van der Waals surface area contributed by atoms with Gasteiger partial charge in [-0.3, -0.25) is 0 Å². The summed E-state index contributed by atoms with van der Waals surface area (Å²) in [4.78, 5) is 0.0755. The van der Waals surface area contributed by atoms with Gasteiger partial charge in [0.05, 0.1) is 5.69 Å². The molecule has 1 aromatic carbocycles. The number of halogens is 4. The average molecular weight is 350 g/mol. The Kier molecular flexibility index (Phi) is 3.64. The van der Waals surface area contributed by atoms with E-state index in [0.717, 1.165) is 10.7 Å². The second kappa shape index (κ2) is 4.93. The predicted molar refractivity (Wildman–Crippen MR) is 72.2 cm³/mol. The molecule has 0 radical (unpaired) electrons. The minimum Gasteiger partial charge on any atom is -0.389 e. The van der Waals surface area contributed by atoms with E-state index in [-0.39, 0.29) is 4.99 Å². The van der Waals surface area contributed by atoms with Crippen LogP contribution in [0.15, 0.2) is 34.9 Å². The number of nitrogens with zero attached hydrogens (tertiary/aromatic N) is 2. The van der Waals surface area contributed by atoms with E-state index in [2.05, 4.69) is 21.0 Å². The van der Waals surface area contributed by atoms with Crippen molar-refractivity contribution in [3.05, 3.63) is 46.2 Å². The van der Waals surface area contributed by atoms with Crippen LogP contribution in [0.2, 0.25) is 0 Å². The van der Waals surface area contributed by atoms with Crippen LogP contribution in [0, 0.1) is 0 Å². The third-order valence-electron chi connectivity index (χ3n) is 2.36. The van der Waals surface area contributed by atoms with E-state index >= 15 is 0 Å². The molecule has 0 fully saturated rings. The van der Waals surface area contributed by atoms with Gasteiger partial charge in [-0.1, -0.05) is 18.3 Å². The van der Waals surface area contributed by atoms with Gasteiger partial charge in [-0.2, -0.15) is 18.3 Å². The Hall–Kier alpha value is -1.41. The first-order chi connectivity index (χ1) is 8.80. The van der Waals surface area contributed by atoms with Crippen molar-refractivity contribution in [2.24, 2.45) is 5.73 Å². The molecule has 0 aliphatic heterocycles. The molecule has 0 aliphatic rings. The lowest BCUT2D eigenvalue weighted by molar-refractivity contribution is -0.141. The number of hydrogen-bond acceptors (Lipinski definition) is 2. The van der Waals surface area contributed by atoms with Crippen LogP contribution in [0.25, 0.3) is 5.69 Å². The highest BCUT2D eigenvalue weighted by Gasteiger charge is 2.33. The van der Waals surface area contributed by atoms with Crippen LogP contribution in [-0.2, 0) is 6.18 Å². The van der Waals surface area contributed by atoms with Crippen LogP contribution in [0.3, 0.4) is 0 Å². The fourth-order valence-corrected chi connectivity index (χ4v) is 2.47. The Morgan fingerprint density at radius 2 is 2.00 bits per heavy atom. The smallest absolute Gasteiger partial charge is 0.389 e. The second-order valence-electron chi connectivity index (χ2n) is 3.64. The van der Waals surface area contributed by atoms with Gasteiger partial charge in [-0.25, -0.2) is 4.68 Å². The number of nitrogens with two attached hydrogens (primary N) is 1. The topological polar surface area (TPSA) is 43.8 Å². The summed E-state index contributed by atoms with van der Waals surface area (Å²) in [6.45, 7) is 0. The zero-order chi connectivity index (χ0) is 14.2. The van der Waals surface area contributed by atoms with Crippen molar-refractivity contribution in [3.8, 4) is 5.69 Å². The zero-order valence-electron chi connectivity index (χ0n) is 9.28. The van der Waals surface area contributed by atoms with Gasteiger partial charge < -0.3 is 5.73 Å². The lowest BCUT2D eigenvalue weighted by atomic mass is 10.2. The SMILES string of the molecule is NC(=S)c1c(Br)cccc1-n1ccc(C(F)(F)F)n1. The standard InChI is InChI=1S/C11H7BrF3N3S/c12-6-2-1-3-7(9(6)10(16)19)18-5-4-8(17-18)11(13,14)15/h1-5H,(H2,16,19). The molecule has 0 aliphatic carbocycles. The molecule has 0 amide bonds. The van der Waals surface area contributed by atoms with Crippen LogP contribution in [0.4, 0.5) is 13.2 Å². The van der Waals surface area contributed by atoms with Crippen molar-refractivity contribution in [2.45, 2.75) is 6.18 Å². The van der Waals surface area contributed by atoms with Crippen molar-refractivity contribution < 1.29 is 13.2 Å². The lowest BCUT2D eigenvalue weighted by Crippen LogP contribution is -2.15. The van der Waals surface area contributed by atoms with Gasteiger partial charge in [0.15, 0.2) is 5.69 Å². The number of benzene rings is 1. The maximum absolute atomic E-state index is 12.5. The third kappa shape index (κ3) is 2.79. The van der Waals surface area contributed by atoms with Gasteiger partial charge >= 0.3 is 6.18 Å². The maximum atomic E-state index is 12.5. The molecule has 8 heteroatoms. The van der Waals surface area contributed by atoms with Gasteiger partial charge in [-0.05, 0) is 34.1 Å². The lowest BCUT2D eigenvalue weighted by Gasteiger charge is -2.10. The highest BCUT2D eigenvalue weighted by Crippen LogP contribution is 2.29. The van der Waals surface area contributed by atoms with Gasteiger partial charge in [0.25, 0.3) is 0 Å². The highest BCUT2D eigenvalue weighted by molar-refractivity contribution is 9.10. The Morgan fingerprint density at radius 3 is 2.53 bits per heavy atom. The molecule has 1 heterocycles. The molecule has 0 saturated carbocycles. The Labute approximate surface area is 120 Å². The van der Waals surface area contributed by atoms with Crippen LogP contribution >= 0.6 is 28.1 Å². The quantitative estimate of drug-likeness (QED) is 0.846. The summed E-state index contributed by atoms with van der Waals surface area (Å²) in [5, 5.41) is 3.49. The number of alkyl halides is 3. The number of thiocarbonyl (C=S) groups is 1. The van der Waals surface area contributed by atoms with Gasteiger partial charge in [0.1, 0.15) is 4.99 Å². The molecule has 0 saturated heterocycles. The minimum atomic E-state index is -4.49. The van der Waals surface area contributed by atoms with Crippen molar-refractivity contribution in [1.82, 2.24) is 9.78 Å². The minimum absolute atomic E-state index is 0.0755. The molecule has 19 heavy (non-hydrogen) atoms. The average Bonchev–Trinajstić information content (AvgIpc) is 2.76. The fraction of sp³-hybridized carbons (Fsp3) is 0.0909. The second-order valence-corrected chi connectivity index (χ2v) is 4.94. The molecule has 0 bridgehead atoms. The molecule has 0 unspecified atom stereocenters. The van der Waals surface area contributed by atoms with E-state index in [4.69, 9.17) is 18.0 Å². The molecular formula is C11H7BrF3N3S. The molecule has 1 aromatic heterocycles. The summed E-state index contributed by atoms with van der Waals surface area (Å²) in [6, 6.07) is 5.85. The molecule has 2 aromatic rings. The van der Waals surface area contributed by atoms with E-state index in [1.807, 2.05) is 0 Å². The molecule has 0 atom stereocenters. The zero-order valence-corrected chi connectivity index (χ0v) is 11.7. The van der Waals surface area contributed by atoms with Gasteiger partial charge in [-0.15, -0.1) is 0 Å². The van der Waals surface area contributed by atoms with E-state index in [1.165, 1.54) is 6.20 Å². The van der Waals surface area contributed by atoms with Crippen LogP contribution in [0.1, 0.15) is 11.3 Å². The Balaban J connectivity index is 2.57. The maximum Gasteiger partial charge on any atom is 0.435 e. The molecule has 3 nitrogen and oxygen atoms in total. The van der Waals surface area contributed by atoms with Gasteiger partial charge in [0.2, 0.25) is 0 Å². The predicted octanol–water partition coefficient (Wildman–Crippen LogP) is 3.29. The van der Waals surface area contributed by atoms with Crippen LogP contribution in [0.5, 0.6) is 0 Å². The first-order valence-electron chi connectivity index (χ1n) is 5.02. The molecule has 2 N–H and O–H groups in total. The summed E-state index contributed by atoms with van der Waals surface area (Å²) in [5.41, 5.74) is 5.44. The van der Waals surface area contributed by atoms with Gasteiger partial charge in [0, 0.05) is 16.2 Å². The third-order valence-corrected chi connectivity index (χ3v) is 3.23. The van der Waals surface area contributed by atoms with E-state index in [0.29, 0.717) is 15.7 Å². The first kappa shape index (κ1) is 14.0. The molecule has 2 rings (SSSR count). The fourth-order valence-electron chi connectivity index (χ4n) is 1.56. The molecule has 0 spiro atoms. The molecule has 100 valence electrons. The summed E-state index contributed by atoms with van der Waals surface area (Å²) < 4.78 is 39.3. The monoisotopic (exact) mass is 349 g/mol. The van der Waals surface area contributed by atoms with E-state index in [1.54, 1.807) is 18.2 Å². The van der Waals surface area contributed by atoms with E-state index < -0.39 is 11.9 Å². The number of rotatable bonds is 2. The van der Waals surface area contributed by atoms with Crippen LogP contribution < -0.4 is 5.73 Å². The van der Waals surface area contributed by atoms with Crippen molar-refractivity contribution in [2.75, 3.05) is 0 Å². The Bertz CT molecular complexity index is 636. The van der Waals surface area contributed by atoms with Crippen LogP contribution in [-0.4, -0.2) is 14.8 Å². The van der Waals surface area contributed by atoms with Crippen molar-refractivity contribution in [3.63, 3.8) is 0 Å². The molecular weight excluding hydrogens is 343 g/mol. The summed E-state index contributed by atoms with van der Waals surface area (Å²) >= 11 is 8.16. The summed E-state index contributed by atoms with van der Waals surface area (Å²) in [6.07, 6.45) is -3.27. The van der Waals surface area contributed by atoms with E-state index in [9.17, 15) is 13.2 Å². The summed E-state index contributed by atoms with van der Waals surface area (Å²) in [5.74, 6) is 0. The largest absolute Gasteiger partial charge is 0.435 e. The number of hydrogen-bond donors (Lipinski definition) is 1. The van der Waals surface area contributed by atoms with Crippen molar-refractivity contribution >= 4 is 33.1 Å². The highest BCUT2D eigenvalue weighted by atomic mass is 79.9. The normalized spacial score (nSPS) is 11.6. The Morgan fingerprint density at radius 1 is 1.32 bits per heavy atom. The summed E-state index contributed by atoms with van der Waals surface area (Å²) in [7, 11) is 0. The van der Waals surface area contributed by atoms with Crippen molar-refractivity contribution in [1.29, 1.82) is 0 Å². The number of aromatic nitrogens is 2. The first-order valence-corrected chi connectivity index (χ1v) is 6.22.